The minimum Gasteiger partial charge on any atom is -0.387 e. The molecule has 1 saturated heterocycles. The first-order chi connectivity index (χ1) is 8.46. The maximum atomic E-state index is 11.1. The second-order valence-corrected chi connectivity index (χ2v) is 6.39. The zero-order chi connectivity index (χ0) is 13.2. The van der Waals surface area contributed by atoms with Crippen molar-refractivity contribution in [1.29, 1.82) is 0 Å². The lowest BCUT2D eigenvalue weighted by molar-refractivity contribution is 0.137. The predicted octanol–water partition coefficient (Wildman–Crippen LogP) is 0.843. The maximum Gasteiger partial charge on any atom is 0.229 e. The first-order valence-electron chi connectivity index (χ1n) is 5.95. The molecule has 100 valence electrons. The van der Waals surface area contributed by atoms with Crippen molar-refractivity contribution in [3.8, 4) is 0 Å². The molecule has 2 atom stereocenters. The second kappa shape index (κ2) is 5.26. The van der Waals surface area contributed by atoms with Gasteiger partial charge >= 0.3 is 0 Å². The first kappa shape index (κ1) is 13.3. The fourth-order valence-electron chi connectivity index (χ4n) is 2.18. The monoisotopic (exact) mass is 270 g/mol. The van der Waals surface area contributed by atoms with Gasteiger partial charge < -0.3 is 10.4 Å². The Labute approximate surface area is 107 Å². The summed E-state index contributed by atoms with van der Waals surface area (Å²) >= 11 is 0. The molecular formula is C12H18N2O3S. The molecule has 0 radical (unpaired) electrons. The van der Waals surface area contributed by atoms with Crippen LogP contribution in [0.4, 0.5) is 5.69 Å². The van der Waals surface area contributed by atoms with Crippen LogP contribution in [0.2, 0.25) is 0 Å². The highest BCUT2D eigenvalue weighted by Gasteiger charge is 2.23. The molecule has 1 aromatic carbocycles. The van der Waals surface area contributed by atoms with Gasteiger partial charge in [-0.1, -0.05) is 12.1 Å². The van der Waals surface area contributed by atoms with E-state index < -0.39 is 16.1 Å². The van der Waals surface area contributed by atoms with Gasteiger partial charge in [-0.15, -0.1) is 0 Å². The molecule has 0 bridgehead atoms. The minimum atomic E-state index is -3.25. The van der Waals surface area contributed by atoms with Gasteiger partial charge in [0.2, 0.25) is 10.0 Å². The number of hydrogen-bond acceptors (Lipinski definition) is 4. The fourth-order valence-corrected chi connectivity index (χ4v) is 2.74. The Morgan fingerprint density at radius 1 is 1.39 bits per heavy atom. The van der Waals surface area contributed by atoms with E-state index in [9.17, 15) is 13.5 Å². The van der Waals surface area contributed by atoms with Crippen molar-refractivity contribution >= 4 is 15.7 Å². The number of sulfonamides is 1. The van der Waals surface area contributed by atoms with E-state index >= 15 is 0 Å². The molecule has 0 aliphatic carbocycles. The van der Waals surface area contributed by atoms with E-state index in [0.717, 1.165) is 31.2 Å². The third kappa shape index (κ3) is 3.44. The molecule has 2 unspecified atom stereocenters. The Kier molecular flexibility index (Phi) is 3.89. The van der Waals surface area contributed by atoms with Crippen LogP contribution >= 0.6 is 0 Å². The van der Waals surface area contributed by atoms with Gasteiger partial charge in [0.05, 0.1) is 12.4 Å². The normalized spacial score (nSPS) is 21.8. The van der Waals surface area contributed by atoms with Gasteiger partial charge in [-0.2, -0.15) is 0 Å². The molecule has 6 heteroatoms. The van der Waals surface area contributed by atoms with Crippen LogP contribution in [0.1, 0.15) is 24.5 Å². The van der Waals surface area contributed by atoms with Gasteiger partial charge in [0, 0.05) is 11.7 Å². The number of nitrogens with one attached hydrogen (secondary N) is 2. The Bertz CT molecular complexity index is 493. The number of benzene rings is 1. The lowest BCUT2D eigenvalue weighted by Crippen LogP contribution is -2.28. The third-order valence-electron chi connectivity index (χ3n) is 3.04. The maximum absolute atomic E-state index is 11.1. The van der Waals surface area contributed by atoms with E-state index in [1.807, 2.05) is 0 Å². The molecule has 1 heterocycles. The molecule has 3 N–H and O–H groups in total. The summed E-state index contributed by atoms with van der Waals surface area (Å²) in [4.78, 5) is 0. The number of aliphatic hydroxyl groups is 1. The Hall–Kier alpha value is -1.11. The highest BCUT2D eigenvalue weighted by molar-refractivity contribution is 7.92. The molecule has 0 aromatic heterocycles. The third-order valence-corrected chi connectivity index (χ3v) is 3.64. The fraction of sp³-hybridized carbons (Fsp3) is 0.500. The van der Waals surface area contributed by atoms with Gasteiger partial charge in [0.15, 0.2) is 0 Å². The van der Waals surface area contributed by atoms with Crippen LogP contribution in [-0.4, -0.2) is 32.4 Å². The van der Waals surface area contributed by atoms with Gasteiger partial charge in [0.1, 0.15) is 0 Å². The Morgan fingerprint density at radius 3 is 2.56 bits per heavy atom. The summed E-state index contributed by atoms with van der Waals surface area (Å²) in [7, 11) is -3.25. The zero-order valence-corrected chi connectivity index (χ0v) is 11.1. The van der Waals surface area contributed by atoms with Crippen LogP contribution in [0.25, 0.3) is 0 Å². The van der Waals surface area contributed by atoms with Gasteiger partial charge in [-0.25, -0.2) is 8.42 Å². The van der Waals surface area contributed by atoms with Gasteiger partial charge in [-0.05, 0) is 37.1 Å². The highest BCUT2D eigenvalue weighted by atomic mass is 32.2. The smallest absolute Gasteiger partial charge is 0.229 e. The van der Waals surface area contributed by atoms with Crippen molar-refractivity contribution in [3.05, 3.63) is 29.8 Å². The van der Waals surface area contributed by atoms with Crippen LogP contribution in [-0.2, 0) is 10.0 Å². The summed E-state index contributed by atoms with van der Waals surface area (Å²) in [5.41, 5.74) is 1.31. The van der Waals surface area contributed by atoms with E-state index in [4.69, 9.17) is 0 Å². The molecule has 5 nitrogen and oxygen atoms in total. The van der Waals surface area contributed by atoms with Crippen molar-refractivity contribution < 1.29 is 13.5 Å². The summed E-state index contributed by atoms with van der Waals surface area (Å²) in [6.45, 7) is 0.940. The summed E-state index contributed by atoms with van der Waals surface area (Å²) < 4.78 is 24.5. The molecule has 1 aliphatic rings. The van der Waals surface area contributed by atoms with Crippen LogP contribution < -0.4 is 10.0 Å². The molecule has 1 fully saturated rings. The quantitative estimate of drug-likeness (QED) is 0.757. The lowest BCUT2D eigenvalue weighted by atomic mass is 10.0. The molecular weight excluding hydrogens is 252 g/mol. The van der Waals surface area contributed by atoms with Crippen LogP contribution in [0.15, 0.2) is 24.3 Å². The minimum absolute atomic E-state index is 0.0960. The van der Waals surface area contributed by atoms with Crippen molar-refractivity contribution in [1.82, 2.24) is 5.32 Å². The van der Waals surface area contributed by atoms with Crippen molar-refractivity contribution in [2.45, 2.75) is 25.0 Å². The van der Waals surface area contributed by atoms with Crippen molar-refractivity contribution in [3.63, 3.8) is 0 Å². The summed E-state index contributed by atoms with van der Waals surface area (Å²) in [5, 5.41) is 13.4. The van der Waals surface area contributed by atoms with Crippen LogP contribution in [0, 0.1) is 0 Å². The largest absolute Gasteiger partial charge is 0.387 e. The standard InChI is InChI=1S/C12H18N2O3S/c1-18(16,17)14-10-6-4-9(5-7-10)12(15)11-3-2-8-13-11/h4-7,11-15H,2-3,8H2,1H3. The van der Waals surface area contributed by atoms with Crippen molar-refractivity contribution in [2.24, 2.45) is 0 Å². The second-order valence-electron chi connectivity index (χ2n) is 4.64. The lowest BCUT2D eigenvalue weighted by Gasteiger charge is -2.18. The van der Waals surface area contributed by atoms with E-state index in [-0.39, 0.29) is 6.04 Å². The van der Waals surface area contributed by atoms with E-state index in [0.29, 0.717) is 5.69 Å². The van der Waals surface area contributed by atoms with E-state index in [2.05, 4.69) is 10.0 Å². The average Bonchev–Trinajstić information content (AvgIpc) is 2.80. The Morgan fingerprint density at radius 2 is 2.06 bits per heavy atom. The molecule has 0 saturated carbocycles. The molecule has 2 rings (SSSR count). The summed E-state index contributed by atoms with van der Waals surface area (Å²) in [5.74, 6) is 0. The number of rotatable bonds is 4. The zero-order valence-electron chi connectivity index (χ0n) is 10.3. The molecule has 1 aliphatic heterocycles. The average molecular weight is 270 g/mol. The summed E-state index contributed by atoms with van der Waals surface area (Å²) in [6, 6.07) is 6.91. The van der Waals surface area contributed by atoms with Gasteiger partial charge in [-0.3, -0.25) is 4.72 Å². The SMILES string of the molecule is CS(=O)(=O)Nc1ccc(C(O)C2CCCN2)cc1. The summed E-state index contributed by atoms with van der Waals surface area (Å²) in [6.07, 6.45) is 2.61. The number of hydrogen-bond donors (Lipinski definition) is 3. The van der Waals surface area contributed by atoms with Crippen LogP contribution in [0.3, 0.4) is 0 Å². The van der Waals surface area contributed by atoms with Crippen LogP contribution in [0.5, 0.6) is 0 Å². The Balaban J connectivity index is 2.07. The highest BCUT2D eigenvalue weighted by Crippen LogP contribution is 2.24. The number of anilines is 1. The topological polar surface area (TPSA) is 78.4 Å². The first-order valence-corrected chi connectivity index (χ1v) is 7.84. The molecule has 18 heavy (non-hydrogen) atoms. The molecule has 0 spiro atoms. The van der Waals surface area contributed by atoms with E-state index in [1.54, 1.807) is 24.3 Å². The van der Waals surface area contributed by atoms with Crippen molar-refractivity contribution in [2.75, 3.05) is 17.5 Å². The van der Waals surface area contributed by atoms with E-state index in [1.165, 1.54) is 0 Å². The van der Waals surface area contributed by atoms with Gasteiger partial charge in [0.25, 0.3) is 0 Å². The molecule has 1 aromatic rings. The molecule has 0 amide bonds. The number of aliphatic hydroxyl groups excluding tert-OH is 1. The predicted molar refractivity (Wildman–Crippen MR) is 70.9 cm³/mol.